The van der Waals surface area contributed by atoms with Crippen LogP contribution in [-0.2, 0) is 4.74 Å². The number of halogens is 1. The van der Waals surface area contributed by atoms with Crippen molar-refractivity contribution in [1.29, 1.82) is 0 Å². The lowest BCUT2D eigenvalue weighted by atomic mass is 9.81. The van der Waals surface area contributed by atoms with Gasteiger partial charge in [0.2, 0.25) is 0 Å². The zero-order valence-corrected chi connectivity index (χ0v) is 15.7. The van der Waals surface area contributed by atoms with Gasteiger partial charge in [0.15, 0.2) is 11.5 Å². The van der Waals surface area contributed by atoms with Gasteiger partial charge in [-0.15, -0.1) is 0 Å². The first kappa shape index (κ1) is 17.9. The van der Waals surface area contributed by atoms with Crippen molar-refractivity contribution in [3.05, 3.63) is 33.5 Å². The monoisotopic (exact) mass is 366 g/mol. The zero-order chi connectivity index (χ0) is 18.4. The molecular formula is C19H23ClO5. The summed E-state index contributed by atoms with van der Waals surface area (Å²) < 4.78 is 17.4. The Balaban J connectivity index is 1.91. The first-order valence-electron chi connectivity index (χ1n) is 8.43. The summed E-state index contributed by atoms with van der Waals surface area (Å²) in [5, 5.41) is 9.80. The Bertz CT molecular complexity index is 745. The van der Waals surface area contributed by atoms with Gasteiger partial charge >= 0.3 is 5.97 Å². The quantitative estimate of drug-likeness (QED) is 0.773. The van der Waals surface area contributed by atoms with E-state index in [2.05, 4.69) is 0 Å². The number of methoxy groups -OCH3 is 1. The highest BCUT2D eigenvalue weighted by Gasteiger charge is 2.47. The van der Waals surface area contributed by atoms with Crippen molar-refractivity contribution < 1.29 is 24.1 Å². The summed E-state index contributed by atoms with van der Waals surface area (Å²) in [5.74, 6) is -0.739. The molecule has 1 aliphatic heterocycles. The summed E-state index contributed by atoms with van der Waals surface area (Å²) in [6.07, 6.45) is 5.52. The summed E-state index contributed by atoms with van der Waals surface area (Å²) in [6, 6.07) is 0. The average molecular weight is 367 g/mol. The summed E-state index contributed by atoms with van der Waals surface area (Å²) >= 11 is 6.40. The molecule has 136 valence electrons. The molecule has 2 aliphatic rings. The highest BCUT2D eigenvalue weighted by atomic mass is 35.5. The Labute approximate surface area is 152 Å². The third-order valence-corrected chi connectivity index (χ3v) is 5.76. The van der Waals surface area contributed by atoms with Crippen molar-refractivity contribution in [3.63, 3.8) is 0 Å². The van der Waals surface area contributed by atoms with Crippen LogP contribution in [0.2, 0.25) is 5.02 Å². The van der Waals surface area contributed by atoms with Crippen LogP contribution in [0.5, 0.6) is 11.5 Å². The number of carboxylic acid groups (broad SMARTS) is 1. The second-order valence-electron chi connectivity index (χ2n) is 6.91. The molecule has 0 saturated heterocycles. The Morgan fingerprint density at radius 2 is 1.84 bits per heavy atom. The zero-order valence-electron chi connectivity index (χ0n) is 14.9. The molecule has 0 radical (unpaired) electrons. The number of ether oxygens (including phenoxy) is 3. The van der Waals surface area contributed by atoms with Gasteiger partial charge in [-0.05, 0) is 50.7 Å². The summed E-state index contributed by atoms with van der Waals surface area (Å²) in [5.41, 5.74) is 2.54. The summed E-state index contributed by atoms with van der Waals surface area (Å²) in [7, 11) is 1.66. The molecule has 1 aromatic carbocycles. The number of hydrogen-bond acceptors (Lipinski definition) is 4. The van der Waals surface area contributed by atoms with Crippen LogP contribution in [0.1, 0.15) is 54.1 Å². The first-order chi connectivity index (χ1) is 11.8. The third kappa shape index (κ3) is 2.95. The molecule has 1 saturated carbocycles. The van der Waals surface area contributed by atoms with E-state index in [4.69, 9.17) is 25.8 Å². The van der Waals surface area contributed by atoms with Crippen LogP contribution in [0.25, 0.3) is 0 Å². The van der Waals surface area contributed by atoms with Gasteiger partial charge in [-0.1, -0.05) is 11.6 Å². The molecular weight excluding hydrogens is 344 g/mol. The minimum Gasteiger partial charge on any atom is -0.504 e. The second kappa shape index (κ2) is 6.45. The lowest BCUT2D eigenvalue weighted by molar-refractivity contribution is -0.117. The standard InChI is InChI=1S/C19H23ClO5/c1-10-14(18(21)22)11(2)16-17(15(10)20)25-19(3,24-16)13-7-5-12(6-8-13)9-23-4/h9,13H,5-8H2,1-4H3,(H,21,22). The molecule has 0 aromatic heterocycles. The number of carbonyl (C=O) groups is 1. The summed E-state index contributed by atoms with van der Waals surface area (Å²) in [4.78, 5) is 11.6. The van der Waals surface area contributed by atoms with Gasteiger partial charge < -0.3 is 19.3 Å². The molecule has 25 heavy (non-hydrogen) atoms. The normalized spacial score (nSPS) is 25.0. The van der Waals surface area contributed by atoms with Crippen molar-refractivity contribution in [3.8, 4) is 11.5 Å². The van der Waals surface area contributed by atoms with Gasteiger partial charge in [0.25, 0.3) is 5.79 Å². The van der Waals surface area contributed by atoms with E-state index in [1.54, 1.807) is 21.0 Å². The highest BCUT2D eigenvalue weighted by Crippen LogP contribution is 2.53. The fourth-order valence-electron chi connectivity index (χ4n) is 3.87. The molecule has 1 aliphatic carbocycles. The first-order valence-corrected chi connectivity index (χ1v) is 8.81. The third-order valence-electron chi connectivity index (χ3n) is 5.30. The number of benzene rings is 1. The van der Waals surface area contributed by atoms with Crippen molar-refractivity contribution in [2.75, 3.05) is 7.11 Å². The molecule has 1 fully saturated rings. The van der Waals surface area contributed by atoms with Crippen LogP contribution >= 0.6 is 11.6 Å². The molecule has 1 atom stereocenters. The average Bonchev–Trinajstić information content (AvgIpc) is 2.93. The molecule has 1 heterocycles. The van der Waals surface area contributed by atoms with Crippen LogP contribution in [0.3, 0.4) is 0 Å². The molecule has 1 aromatic rings. The maximum absolute atomic E-state index is 11.6. The van der Waals surface area contributed by atoms with Gasteiger partial charge in [-0.2, -0.15) is 0 Å². The Morgan fingerprint density at radius 1 is 1.24 bits per heavy atom. The Morgan fingerprint density at radius 3 is 2.40 bits per heavy atom. The minimum atomic E-state index is -1.01. The van der Waals surface area contributed by atoms with E-state index in [1.807, 2.05) is 13.2 Å². The van der Waals surface area contributed by atoms with Crippen LogP contribution in [0.15, 0.2) is 11.8 Å². The van der Waals surface area contributed by atoms with Crippen molar-refractivity contribution in [2.45, 2.75) is 52.2 Å². The van der Waals surface area contributed by atoms with Gasteiger partial charge in [0.05, 0.1) is 24.0 Å². The largest absolute Gasteiger partial charge is 0.504 e. The van der Waals surface area contributed by atoms with E-state index in [0.29, 0.717) is 27.6 Å². The molecule has 3 rings (SSSR count). The van der Waals surface area contributed by atoms with Crippen molar-refractivity contribution in [2.24, 2.45) is 5.92 Å². The second-order valence-corrected chi connectivity index (χ2v) is 7.29. The summed E-state index contributed by atoms with van der Waals surface area (Å²) in [6.45, 7) is 5.34. The molecule has 1 unspecified atom stereocenters. The lowest BCUT2D eigenvalue weighted by Crippen LogP contribution is -2.44. The van der Waals surface area contributed by atoms with Gasteiger partial charge in [-0.25, -0.2) is 4.79 Å². The van der Waals surface area contributed by atoms with Crippen molar-refractivity contribution in [1.82, 2.24) is 0 Å². The number of aromatic carboxylic acids is 1. The Kier molecular flexibility index (Phi) is 4.62. The molecule has 0 amide bonds. The molecule has 6 heteroatoms. The highest BCUT2D eigenvalue weighted by molar-refractivity contribution is 6.33. The van der Waals surface area contributed by atoms with Crippen LogP contribution in [0, 0.1) is 19.8 Å². The van der Waals surface area contributed by atoms with Gasteiger partial charge in [-0.3, -0.25) is 0 Å². The van der Waals surface area contributed by atoms with E-state index >= 15 is 0 Å². The van der Waals surface area contributed by atoms with E-state index in [1.165, 1.54) is 5.57 Å². The number of rotatable bonds is 3. The van der Waals surface area contributed by atoms with E-state index in [-0.39, 0.29) is 11.5 Å². The van der Waals surface area contributed by atoms with Crippen LogP contribution in [0.4, 0.5) is 0 Å². The predicted molar refractivity (Wildman–Crippen MR) is 94.6 cm³/mol. The van der Waals surface area contributed by atoms with Gasteiger partial charge in [0.1, 0.15) is 0 Å². The lowest BCUT2D eigenvalue weighted by Gasteiger charge is -2.35. The number of hydrogen-bond donors (Lipinski definition) is 1. The molecule has 5 nitrogen and oxygen atoms in total. The van der Waals surface area contributed by atoms with Gasteiger partial charge in [0, 0.05) is 18.4 Å². The SMILES string of the molecule is COC=C1CCC(C2(C)Oc3c(C)c(C(=O)O)c(C)c(Cl)c3O2)CC1. The van der Waals surface area contributed by atoms with Crippen LogP contribution in [-0.4, -0.2) is 24.0 Å². The molecule has 0 spiro atoms. The minimum absolute atomic E-state index is 0.186. The fraction of sp³-hybridized carbons (Fsp3) is 0.526. The van der Waals surface area contributed by atoms with Crippen LogP contribution < -0.4 is 9.47 Å². The molecule has 1 N–H and O–H groups in total. The van der Waals surface area contributed by atoms with E-state index in [0.717, 1.165) is 25.7 Å². The maximum atomic E-state index is 11.6. The smallest absolute Gasteiger partial charge is 0.336 e. The van der Waals surface area contributed by atoms with Crippen molar-refractivity contribution >= 4 is 17.6 Å². The molecule has 0 bridgehead atoms. The number of allylic oxidation sites excluding steroid dienone is 1. The maximum Gasteiger partial charge on any atom is 0.336 e. The topological polar surface area (TPSA) is 65.0 Å². The fourth-order valence-corrected chi connectivity index (χ4v) is 4.09. The van der Waals surface area contributed by atoms with E-state index < -0.39 is 11.8 Å². The Hall–Kier alpha value is -1.88. The predicted octanol–water partition coefficient (Wildman–Crippen LogP) is 4.86. The van der Waals surface area contributed by atoms with E-state index in [9.17, 15) is 9.90 Å². The number of fused-ring (bicyclic) bond motifs is 1. The number of carboxylic acids is 1.